The van der Waals surface area contributed by atoms with Gasteiger partial charge in [-0.25, -0.2) is 0 Å². The quantitative estimate of drug-likeness (QED) is 0.517. The molecule has 2 rings (SSSR count). The Hall–Kier alpha value is -0.790. The highest BCUT2D eigenvalue weighted by atomic mass is 16.6. The van der Waals surface area contributed by atoms with Gasteiger partial charge in [-0.3, -0.25) is 4.79 Å². The van der Waals surface area contributed by atoms with Crippen LogP contribution in [0.4, 0.5) is 0 Å². The van der Waals surface area contributed by atoms with E-state index < -0.39 is 0 Å². The lowest BCUT2D eigenvalue weighted by atomic mass is 9.59. The maximum absolute atomic E-state index is 12.5. The van der Waals surface area contributed by atoms with Crippen LogP contribution in [0.1, 0.15) is 59.8 Å². The van der Waals surface area contributed by atoms with E-state index in [2.05, 4.69) is 19.1 Å². The molecule has 1 saturated carbocycles. The monoisotopic (exact) mass is 250 g/mol. The number of esters is 1. The fourth-order valence-corrected chi connectivity index (χ4v) is 3.52. The molecule has 3 unspecified atom stereocenters. The fourth-order valence-electron chi connectivity index (χ4n) is 3.52. The second kappa shape index (κ2) is 4.71. The average Bonchev–Trinajstić information content (AvgIpc) is 2.27. The molecule has 2 heteroatoms. The smallest absolute Gasteiger partial charge is 0.312 e. The highest BCUT2D eigenvalue weighted by Gasteiger charge is 2.48. The summed E-state index contributed by atoms with van der Waals surface area (Å²) in [5, 5.41) is 0. The van der Waals surface area contributed by atoms with Gasteiger partial charge in [0.2, 0.25) is 0 Å². The summed E-state index contributed by atoms with van der Waals surface area (Å²) in [5.41, 5.74) is -0.654. The van der Waals surface area contributed by atoms with Gasteiger partial charge < -0.3 is 4.74 Å². The number of carbonyl (C=O) groups is 1. The second-order valence-electron chi connectivity index (χ2n) is 7.09. The molecule has 1 fully saturated rings. The topological polar surface area (TPSA) is 26.3 Å². The van der Waals surface area contributed by atoms with E-state index in [0.717, 1.165) is 25.7 Å². The van der Waals surface area contributed by atoms with Gasteiger partial charge in [-0.1, -0.05) is 18.6 Å². The van der Waals surface area contributed by atoms with E-state index >= 15 is 0 Å². The van der Waals surface area contributed by atoms with Gasteiger partial charge in [0.15, 0.2) is 0 Å². The first-order valence-corrected chi connectivity index (χ1v) is 7.23. The lowest BCUT2D eigenvalue weighted by Gasteiger charge is -2.45. The average molecular weight is 250 g/mol. The molecule has 0 aliphatic heterocycles. The first-order chi connectivity index (χ1) is 8.33. The zero-order valence-electron chi connectivity index (χ0n) is 12.2. The molecule has 0 radical (unpaired) electrons. The molecule has 0 saturated heterocycles. The van der Waals surface area contributed by atoms with Crippen LogP contribution in [-0.2, 0) is 9.53 Å². The van der Waals surface area contributed by atoms with E-state index in [1.165, 1.54) is 6.42 Å². The van der Waals surface area contributed by atoms with Crippen LogP contribution < -0.4 is 0 Å². The Kier molecular flexibility index (Phi) is 3.57. The van der Waals surface area contributed by atoms with Crippen LogP contribution in [0.2, 0.25) is 0 Å². The van der Waals surface area contributed by atoms with Crippen molar-refractivity contribution in [3.63, 3.8) is 0 Å². The van der Waals surface area contributed by atoms with E-state index in [0.29, 0.717) is 11.8 Å². The van der Waals surface area contributed by atoms with Crippen molar-refractivity contribution in [3.05, 3.63) is 12.2 Å². The van der Waals surface area contributed by atoms with E-state index in [1.54, 1.807) is 0 Å². The van der Waals surface area contributed by atoms with Crippen LogP contribution in [0.25, 0.3) is 0 Å². The lowest BCUT2D eigenvalue weighted by Crippen LogP contribution is -2.46. The number of ether oxygens (including phenoxy) is 1. The van der Waals surface area contributed by atoms with Crippen LogP contribution in [0.5, 0.6) is 0 Å². The lowest BCUT2D eigenvalue weighted by molar-refractivity contribution is -0.174. The highest BCUT2D eigenvalue weighted by Crippen LogP contribution is 2.49. The number of allylic oxidation sites excluding steroid dienone is 2. The van der Waals surface area contributed by atoms with E-state index in [1.807, 2.05) is 20.8 Å². The van der Waals surface area contributed by atoms with Crippen LogP contribution >= 0.6 is 0 Å². The molecule has 0 aromatic rings. The van der Waals surface area contributed by atoms with Crippen LogP contribution in [0, 0.1) is 17.3 Å². The van der Waals surface area contributed by atoms with Gasteiger partial charge >= 0.3 is 5.97 Å². The first kappa shape index (κ1) is 13.6. The molecule has 0 amide bonds. The maximum atomic E-state index is 12.5. The summed E-state index contributed by atoms with van der Waals surface area (Å²) in [7, 11) is 0. The normalized spacial score (nSPS) is 36.0. The third kappa shape index (κ3) is 2.62. The molecule has 0 heterocycles. The minimum atomic E-state index is -0.377. The van der Waals surface area contributed by atoms with Gasteiger partial charge in [0.05, 0.1) is 5.41 Å². The Morgan fingerprint density at radius 3 is 2.72 bits per heavy atom. The van der Waals surface area contributed by atoms with Crippen molar-refractivity contribution in [1.82, 2.24) is 0 Å². The summed E-state index contributed by atoms with van der Waals surface area (Å²) in [5.74, 6) is 1.08. The maximum Gasteiger partial charge on any atom is 0.312 e. The molecule has 2 aliphatic rings. The summed E-state index contributed by atoms with van der Waals surface area (Å²) in [6, 6.07) is 0. The molecule has 2 nitrogen and oxygen atoms in total. The number of hydrogen-bond acceptors (Lipinski definition) is 2. The van der Waals surface area contributed by atoms with Crippen molar-refractivity contribution in [2.24, 2.45) is 17.3 Å². The van der Waals surface area contributed by atoms with Crippen molar-refractivity contribution in [2.75, 3.05) is 0 Å². The summed E-state index contributed by atoms with van der Waals surface area (Å²) in [6.07, 6.45) is 10.2. The highest BCUT2D eigenvalue weighted by molar-refractivity contribution is 5.77. The van der Waals surface area contributed by atoms with E-state index in [4.69, 9.17) is 4.74 Å². The Balaban J connectivity index is 2.18. The predicted octanol–water partition coefficient (Wildman–Crippen LogP) is 4.10. The van der Waals surface area contributed by atoms with Crippen molar-refractivity contribution in [2.45, 2.75) is 65.4 Å². The molecule has 0 spiro atoms. The molecule has 2 aliphatic carbocycles. The van der Waals surface area contributed by atoms with Crippen molar-refractivity contribution >= 4 is 5.97 Å². The van der Waals surface area contributed by atoms with E-state index in [-0.39, 0.29) is 17.0 Å². The molecule has 3 atom stereocenters. The Morgan fingerprint density at radius 1 is 1.33 bits per heavy atom. The minimum absolute atomic E-state index is 0.0139. The van der Waals surface area contributed by atoms with Crippen LogP contribution in [0.3, 0.4) is 0 Å². The zero-order chi connectivity index (χ0) is 13.4. The van der Waals surface area contributed by atoms with Gasteiger partial charge in [0, 0.05) is 0 Å². The van der Waals surface area contributed by atoms with Crippen LogP contribution in [0.15, 0.2) is 12.2 Å². The summed E-state index contributed by atoms with van der Waals surface area (Å²) >= 11 is 0. The van der Waals surface area contributed by atoms with Crippen molar-refractivity contribution in [1.29, 1.82) is 0 Å². The molecule has 0 aromatic carbocycles. The van der Waals surface area contributed by atoms with Gasteiger partial charge in [0.25, 0.3) is 0 Å². The fraction of sp³-hybridized carbons (Fsp3) is 0.812. The molecule has 0 N–H and O–H groups in total. The summed E-state index contributed by atoms with van der Waals surface area (Å²) in [4.78, 5) is 12.5. The van der Waals surface area contributed by atoms with Crippen molar-refractivity contribution < 1.29 is 9.53 Å². The predicted molar refractivity (Wildman–Crippen MR) is 73.2 cm³/mol. The number of hydrogen-bond donors (Lipinski definition) is 0. The van der Waals surface area contributed by atoms with Gasteiger partial charge in [0.1, 0.15) is 5.60 Å². The Labute approximate surface area is 111 Å². The first-order valence-electron chi connectivity index (χ1n) is 7.23. The molecular weight excluding hydrogens is 224 g/mol. The number of fused-ring (bicyclic) bond motifs is 1. The van der Waals surface area contributed by atoms with Crippen molar-refractivity contribution in [3.8, 4) is 0 Å². The minimum Gasteiger partial charge on any atom is -0.460 e. The molecule has 0 aromatic heterocycles. The zero-order valence-corrected chi connectivity index (χ0v) is 12.2. The third-order valence-corrected chi connectivity index (χ3v) is 4.46. The largest absolute Gasteiger partial charge is 0.460 e. The van der Waals surface area contributed by atoms with Crippen LogP contribution in [-0.4, -0.2) is 11.6 Å². The molecule has 18 heavy (non-hydrogen) atoms. The number of carbonyl (C=O) groups excluding carboxylic acids is 1. The third-order valence-electron chi connectivity index (χ3n) is 4.46. The van der Waals surface area contributed by atoms with Gasteiger partial charge in [-0.15, -0.1) is 0 Å². The van der Waals surface area contributed by atoms with Gasteiger partial charge in [-0.05, 0) is 65.2 Å². The number of rotatable bonds is 1. The molecule has 0 bridgehead atoms. The second-order valence-corrected chi connectivity index (χ2v) is 7.09. The Bertz CT molecular complexity index is 351. The molecular formula is C16H26O2. The SMILES string of the molecule is CC(C)(C)OC(=O)C1(C)CCCC2C=CCCC21. The molecule has 102 valence electrons. The van der Waals surface area contributed by atoms with Gasteiger partial charge in [-0.2, -0.15) is 0 Å². The standard InChI is InChI=1S/C16H26O2/c1-15(2,3)18-14(17)16(4)11-7-9-12-8-5-6-10-13(12)16/h5,8,12-13H,6-7,9-11H2,1-4H3. The van der Waals surface area contributed by atoms with E-state index in [9.17, 15) is 4.79 Å². The Morgan fingerprint density at radius 2 is 2.06 bits per heavy atom. The summed E-state index contributed by atoms with van der Waals surface area (Å²) < 4.78 is 5.67. The summed E-state index contributed by atoms with van der Waals surface area (Å²) in [6.45, 7) is 7.98.